The monoisotopic (exact) mass is 507 g/mol. The lowest BCUT2D eigenvalue weighted by molar-refractivity contribution is 0.0646. The number of cyclic esters (lactones) is 1. The minimum atomic E-state index is -0.597. The highest BCUT2D eigenvalue weighted by Gasteiger charge is 2.35. The quantitative estimate of drug-likeness (QED) is 0.234. The number of benzene rings is 2. The molecule has 12 heteroatoms. The van der Waals surface area contributed by atoms with Gasteiger partial charge in [-0.05, 0) is 48.8 Å². The summed E-state index contributed by atoms with van der Waals surface area (Å²) < 4.78 is 20.2. The second kappa shape index (κ2) is 10.5. The van der Waals surface area contributed by atoms with Crippen LogP contribution in [-0.4, -0.2) is 86.2 Å². The van der Waals surface area contributed by atoms with Gasteiger partial charge in [-0.3, -0.25) is 24.3 Å². The zero-order valence-corrected chi connectivity index (χ0v) is 20.1. The van der Waals surface area contributed by atoms with Gasteiger partial charge in [-0.15, -0.1) is 0 Å². The summed E-state index contributed by atoms with van der Waals surface area (Å²) in [4.78, 5) is 46.7. The van der Waals surface area contributed by atoms with Crippen LogP contribution in [0.2, 0.25) is 0 Å². The zero-order valence-electron chi connectivity index (χ0n) is 20.1. The van der Waals surface area contributed by atoms with E-state index in [0.717, 1.165) is 19.6 Å². The first-order chi connectivity index (χ1) is 18.0. The molecule has 5 rings (SSSR count). The van der Waals surface area contributed by atoms with Crippen LogP contribution in [0.5, 0.6) is 0 Å². The summed E-state index contributed by atoms with van der Waals surface area (Å²) in [6.45, 7) is 4.03. The van der Waals surface area contributed by atoms with Gasteiger partial charge >= 0.3 is 6.09 Å². The smallest absolute Gasteiger partial charge is 0.414 e. The van der Waals surface area contributed by atoms with E-state index in [4.69, 9.17) is 10.3 Å². The highest BCUT2D eigenvalue weighted by atomic mass is 19.1. The van der Waals surface area contributed by atoms with Gasteiger partial charge in [0.2, 0.25) is 0 Å². The third kappa shape index (κ3) is 4.93. The van der Waals surface area contributed by atoms with E-state index in [1.165, 1.54) is 15.9 Å². The number of carbonyl (C=O) groups is 3. The number of anilines is 2. The van der Waals surface area contributed by atoms with Gasteiger partial charge in [-0.1, -0.05) is 17.2 Å². The van der Waals surface area contributed by atoms with E-state index >= 15 is 4.39 Å². The topological polar surface area (TPSA) is 122 Å². The first-order valence-corrected chi connectivity index (χ1v) is 12.2. The predicted octanol–water partition coefficient (Wildman–Crippen LogP) is 3.27. The Balaban J connectivity index is 1.11. The molecular formula is C25H26FN7O4. The second-order valence-corrected chi connectivity index (χ2v) is 9.16. The number of hydrogen-bond donors (Lipinski definition) is 0. The maximum absolute atomic E-state index is 15.0. The van der Waals surface area contributed by atoms with Crippen molar-refractivity contribution in [2.24, 2.45) is 5.11 Å². The van der Waals surface area contributed by atoms with Crippen LogP contribution in [0, 0.1) is 5.82 Å². The molecule has 37 heavy (non-hydrogen) atoms. The summed E-state index contributed by atoms with van der Waals surface area (Å²) >= 11 is 0. The third-order valence-corrected chi connectivity index (χ3v) is 6.91. The highest BCUT2D eigenvalue weighted by molar-refractivity contribution is 6.21. The van der Waals surface area contributed by atoms with Crippen LogP contribution in [0.15, 0.2) is 47.6 Å². The van der Waals surface area contributed by atoms with Crippen LogP contribution in [0.4, 0.5) is 20.6 Å². The van der Waals surface area contributed by atoms with Gasteiger partial charge in [0.15, 0.2) is 0 Å². The first-order valence-electron chi connectivity index (χ1n) is 12.2. The number of ether oxygens (including phenoxy) is 1. The normalized spacial score (nSPS) is 19.8. The van der Waals surface area contributed by atoms with E-state index in [2.05, 4.69) is 14.9 Å². The Labute approximate surface area is 212 Å². The number of fused-ring (bicyclic) bond motifs is 1. The molecule has 0 aliphatic carbocycles. The number of amides is 3. The Hall–Kier alpha value is -4.15. The summed E-state index contributed by atoms with van der Waals surface area (Å²) in [6, 6.07) is 11.5. The van der Waals surface area contributed by atoms with E-state index in [0.29, 0.717) is 48.6 Å². The van der Waals surface area contributed by atoms with Crippen molar-refractivity contribution in [3.8, 4) is 0 Å². The minimum absolute atomic E-state index is 0.0296. The van der Waals surface area contributed by atoms with Gasteiger partial charge in [0.25, 0.3) is 11.8 Å². The second-order valence-electron chi connectivity index (χ2n) is 9.16. The van der Waals surface area contributed by atoms with Crippen molar-refractivity contribution < 1.29 is 23.5 Å². The van der Waals surface area contributed by atoms with E-state index in [1.54, 1.807) is 36.4 Å². The summed E-state index contributed by atoms with van der Waals surface area (Å²) in [7, 11) is 0. The molecule has 192 valence electrons. The third-order valence-electron chi connectivity index (χ3n) is 6.91. The minimum Gasteiger partial charge on any atom is -0.444 e. The van der Waals surface area contributed by atoms with Gasteiger partial charge in [-0.25, -0.2) is 9.18 Å². The molecule has 3 heterocycles. The molecule has 0 spiro atoms. The maximum Gasteiger partial charge on any atom is 0.414 e. The van der Waals surface area contributed by atoms with E-state index in [-0.39, 0.29) is 24.9 Å². The number of rotatable bonds is 8. The molecule has 0 aromatic heterocycles. The van der Waals surface area contributed by atoms with Gasteiger partial charge in [0, 0.05) is 37.6 Å². The molecule has 0 unspecified atom stereocenters. The standard InChI is InChI=1S/C25H26FN7O4/c26-21-14-17(33-16-18(15-28-29-27)37-25(33)36)6-7-22(21)31-12-10-30(11-13-31)8-3-9-32-23(34)19-4-1-2-5-20(19)24(32)35/h1-2,4-7,14,18H,3,8-13,15-16H2/t18-/m0/s1. The Morgan fingerprint density at radius 2 is 1.70 bits per heavy atom. The van der Waals surface area contributed by atoms with E-state index in [9.17, 15) is 14.4 Å². The van der Waals surface area contributed by atoms with Crippen LogP contribution >= 0.6 is 0 Å². The van der Waals surface area contributed by atoms with Crippen molar-refractivity contribution in [3.05, 3.63) is 69.9 Å². The van der Waals surface area contributed by atoms with Gasteiger partial charge in [0.1, 0.15) is 11.9 Å². The van der Waals surface area contributed by atoms with E-state index < -0.39 is 18.0 Å². The number of azide groups is 1. The van der Waals surface area contributed by atoms with Crippen molar-refractivity contribution in [1.82, 2.24) is 9.80 Å². The van der Waals surface area contributed by atoms with E-state index in [1.807, 2.05) is 4.90 Å². The summed E-state index contributed by atoms with van der Waals surface area (Å²) in [5.41, 5.74) is 10.2. The summed E-state index contributed by atoms with van der Waals surface area (Å²) in [6.07, 6.45) is -0.488. The average Bonchev–Trinajstić information content (AvgIpc) is 3.40. The molecule has 2 aromatic rings. The number of hydrogen-bond acceptors (Lipinski definition) is 7. The molecule has 3 amide bonds. The molecule has 0 N–H and O–H groups in total. The predicted molar refractivity (Wildman–Crippen MR) is 133 cm³/mol. The fourth-order valence-corrected chi connectivity index (χ4v) is 4.98. The number of carbonyl (C=O) groups excluding carboxylic acids is 3. The first kappa shape index (κ1) is 24.5. The molecular weight excluding hydrogens is 481 g/mol. The Morgan fingerprint density at radius 1 is 1.00 bits per heavy atom. The lowest BCUT2D eigenvalue weighted by Gasteiger charge is -2.36. The Bertz CT molecular complexity index is 1240. The lowest BCUT2D eigenvalue weighted by Crippen LogP contribution is -2.47. The van der Waals surface area contributed by atoms with Crippen LogP contribution in [-0.2, 0) is 4.74 Å². The molecule has 2 fully saturated rings. The van der Waals surface area contributed by atoms with Crippen molar-refractivity contribution in [3.63, 3.8) is 0 Å². The molecule has 0 bridgehead atoms. The number of nitrogens with zero attached hydrogens (tertiary/aromatic N) is 7. The largest absolute Gasteiger partial charge is 0.444 e. The van der Waals surface area contributed by atoms with Crippen molar-refractivity contribution in [2.45, 2.75) is 12.5 Å². The number of piperazine rings is 1. The maximum atomic E-state index is 15.0. The molecule has 3 aliphatic heterocycles. The fourth-order valence-electron chi connectivity index (χ4n) is 4.98. The van der Waals surface area contributed by atoms with Crippen molar-refractivity contribution in [1.29, 1.82) is 0 Å². The van der Waals surface area contributed by atoms with Crippen molar-refractivity contribution >= 4 is 29.3 Å². The molecule has 1 atom stereocenters. The van der Waals surface area contributed by atoms with Gasteiger partial charge in [-0.2, -0.15) is 0 Å². The van der Waals surface area contributed by atoms with Crippen LogP contribution < -0.4 is 9.80 Å². The summed E-state index contributed by atoms with van der Waals surface area (Å²) in [5, 5.41) is 3.43. The number of imide groups is 1. The molecule has 0 saturated carbocycles. The van der Waals surface area contributed by atoms with Crippen molar-refractivity contribution in [2.75, 3.05) is 62.2 Å². The fraction of sp³-hybridized carbons (Fsp3) is 0.400. The molecule has 0 radical (unpaired) electrons. The van der Waals surface area contributed by atoms with Crippen LogP contribution in [0.25, 0.3) is 10.4 Å². The Kier molecular flexibility index (Phi) is 6.93. The highest BCUT2D eigenvalue weighted by Crippen LogP contribution is 2.29. The lowest BCUT2D eigenvalue weighted by atomic mass is 10.1. The van der Waals surface area contributed by atoms with Crippen LogP contribution in [0.3, 0.4) is 0 Å². The SMILES string of the molecule is [N-]=[N+]=NC[C@H]1CN(c2ccc(N3CCN(CCCN4C(=O)c5ccccc5C4=O)CC3)c(F)c2)C(=O)O1. The summed E-state index contributed by atoms with van der Waals surface area (Å²) in [5.74, 6) is -0.904. The zero-order chi connectivity index (χ0) is 25.9. The number of halogens is 1. The Morgan fingerprint density at radius 3 is 2.35 bits per heavy atom. The molecule has 2 saturated heterocycles. The van der Waals surface area contributed by atoms with Crippen LogP contribution in [0.1, 0.15) is 27.1 Å². The molecule has 2 aromatic carbocycles. The molecule has 11 nitrogen and oxygen atoms in total. The molecule has 3 aliphatic rings. The van der Waals surface area contributed by atoms with Gasteiger partial charge < -0.3 is 9.64 Å². The van der Waals surface area contributed by atoms with Gasteiger partial charge in [0.05, 0.1) is 35.6 Å². The average molecular weight is 508 g/mol.